The van der Waals surface area contributed by atoms with E-state index in [1.54, 1.807) is 0 Å². The Balaban J connectivity index is 3.00. The molecule has 1 aromatic rings. The predicted molar refractivity (Wildman–Crippen MR) is 24.3 cm³/mol. The summed E-state index contributed by atoms with van der Waals surface area (Å²) in [6.45, 7) is 0. The van der Waals surface area contributed by atoms with Crippen molar-refractivity contribution in [2.75, 3.05) is 0 Å². The normalized spacial score (nSPS) is 7.33. The molecule has 0 atom stereocenters. The van der Waals surface area contributed by atoms with Crippen LogP contribution in [0, 0.1) is 0 Å². The molecule has 0 spiro atoms. The fraction of sp³-hybridized carbons (Fsp3) is 0. The third kappa shape index (κ3) is 0.644. The Bertz CT molecular complexity index is 79.5. The summed E-state index contributed by atoms with van der Waals surface area (Å²) in [6.07, 6.45) is 1.88. The fourth-order valence-electron chi connectivity index (χ4n) is 0.342. The topological polar surface area (TPSA) is 14.1 Å². The summed E-state index contributed by atoms with van der Waals surface area (Å²) in [6, 6.07) is 3.91. The Morgan fingerprint density at radius 2 is 2.33 bits per heavy atom. The molecule has 0 saturated heterocycles. The Labute approximate surface area is 37.3 Å². The van der Waals surface area contributed by atoms with Gasteiger partial charge in [-0.1, -0.05) is 0 Å². The Morgan fingerprint density at radius 3 is 2.50 bits per heavy atom. The van der Waals surface area contributed by atoms with Gasteiger partial charge >= 0.3 is 36.2 Å². The summed E-state index contributed by atoms with van der Waals surface area (Å²) in [5.74, 6) is 1.94. The molecule has 0 aromatic carbocycles. The second-order valence-electron chi connectivity index (χ2n) is 1.08. The van der Waals surface area contributed by atoms with Crippen molar-refractivity contribution in [2.45, 2.75) is 0 Å². The van der Waals surface area contributed by atoms with E-state index < -0.39 is 0 Å². The van der Waals surface area contributed by atoms with Crippen LogP contribution in [0.3, 0.4) is 0 Å². The summed E-state index contributed by atoms with van der Waals surface area (Å²) in [5, 5.41) is 0. The molecule has 0 saturated carbocycles. The van der Waals surface area contributed by atoms with Crippen LogP contribution in [0.2, 0.25) is 0 Å². The number of nitrogens with one attached hydrogen (secondary N) is 1. The molecule has 0 unspecified atom stereocenters. The number of hydrogen-bond acceptors (Lipinski definition) is 0. The molecule has 2 heteroatoms. The standard InChI is InChI=1S/C4H4BN/c1-2-4-6-5-3-1/h1-4H/p+1. The van der Waals surface area contributed by atoms with Gasteiger partial charge in [0.2, 0.25) is 0 Å². The third-order valence-electron chi connectivity index (χ3n) is 0.607. The maximum atomic E-state index is 2.89. The zero-order valence-corrected chi connectivity index (χ0v) is 3.39. The second kappa shape index (κ2) is 1.70. The first-order valence-electron chi connectivity index (χ1n) is 1.91. The van der Waals surface area contributed by atoms with Crippen LogP contribution in [0.5, 0.6) is 0 Å². The predicted octanol–water partition coefficient (Wildman–Crippen LogP) is -0.161. The summed E-state index contributed by atoms with van der Waals surface area (Å²) in [4.78, 5) is 2.89. The number of aromatic amines is 1. The Kier molecular flexibility index (Phi) is 1.00. The summed E-state index contributed by atoms with van der Waals surface area (Å²) in [7, 11) is 1.88. The number of rotatable bonds is 0. The molecule has 1 nitrogen and oxygen atoms in total. The summed E-state index contributed by atoms with van der Waals surface area (Å²) in [5.41, 5.74) is 0. The van der Waals surface area contributed by atoms with Crippen LogP contribution in [-0.4, -0.2) is 7.05 Å². The van der Waals surface area contributed by atoms with Gasteiger partial charge in [0.25, 0.3) is 0 Å². The van der Waals surface area contributed by atoms with Crippen molar-refractivity contribution in [2.24, 2.45) is 0 Å². The minimum absolute atomic E-state index is 1.88. The van der Waals surface area contributed by atoms with Crippen LogP contribution in [0.25, 0.3) is 0 Å². The molecule has 0 aliphatic heterocycles. The zero-order valence-electron chi connectivity index (χ0n) is 3.39. The SMILES string of the molecule is b1cccc[nH+]1. The van der Waals surface area contributed by atoms with E-state index in [0.717, 1.165) is 0 Å². The first-order chi connectivity index (χ1) is 3.00. The Morgan fingerprint density at radius 1 is 1.33 bits per heavy atom. The van der Waals surface area contributed by atoms with Gasteiger partial charge in [0.05, 0.1) is 0 Å². The van der Waals surface area contributed by atoms with E-state index in [4.69, 9.17) is 0 Å². The monoisotopic (exact) mass is 78.1 g/mol. The van der Waals surface area contributed by atoms with Crippen LogP contribution in [-0.2, 0) is 0 Å². The van der Waals surface area contributed by atoms with Gasteiger partial charge in [0, 0.05) is 0 Å². The van der Waals surface area contributed by atoms with E-state index in [1.165, 1.54) is 0 Å². The molecule has 1 aromatic heterocycles. The molecular weight excluding hydrogens is 72.9 g/mol. The zero-order chi connectivity index (χ0) is 4.24. The van der Waals surface area contributed by atoms with E-state index >= 15 is 0 Å². The van der Waals surface area contributed by atoms with Crippen molar-refractivity contribution in [1.29, 1.82) is 0 Å². The molecule has 0 amide bonds. The van der Waals surface area contributed by atoms with Crippen LogP contribution in [0.1, 0.15) is 0 Å². The maximum absolute atomic E-state index is 2.89. The minimum atomic E-state index is 1.88. The van der Waals surface area contributed by atoms with Crippen molar-refractivity contribution in [3.8, 4) is 0 Å². The van der Waals surface area contributed by atoms with Crippen molar-refractivity contribution in [1.82, 2.24) is 0 Å². The van der Waals surface area contributed by atoms with Gasteiger partial charge in [0.15, 0.2) is 0 Å². The van der Waals surface area contributed by atoms with Gasteiger partial charge in [-0.25, -0.2) is 0 Å². The van der Waals surface area contributed by atoms with Gasteiger partial charge in [-0.15, -0.1) is 0 Å². The van der Waals surface area contributed by atoms with E-state index in [-0.39, 0.29) is 0 Å². The summed E-state index contributed by atoms with van der Waals surface area (Å²) < 4.78 is 0. The molecule has 0 aliphatic rings. The van der Waals surface area contributed by atoms with Crippen molar-refractivity contribution in [3.05, 3.63) is 24.3 Å². The van der Waals surface area contributed by atoms with Crippen LogP contribution in [0.4, 0.5) is 0 Å². The molecule has 1 heterocycles. The molecule has 1 N–H and O–H groups in total. The molecule has 0 fully saturated rings. The van der Waals surface area contributed by atoms with Crippen LogP contribution in [0.15, 0.2) is 24.3 Å². The fourth-order valence-corrected chi connectivity index (χ4v) is 0.342. The van der Waals surface area contributed by atoms with E-state index in [0.29, 0.717) is 0 Å². The number of H-pyrrole nitrogens is 1. The molecule has 0 aliphatic carbocycles. The van der Waals surface area contributed by atoms with Gasteiger partial charge in [-0.2, -0.15) is 0 Å². The van der Waals surface area contributed by atoms with Gasteiger partial charge in [-0.05, 0) is 0 Å². The molecule has 6 heavy (non-hydrogen) atoms. The average molecular weight is 77.9 g/mol. The Hall–Kier alpha value is -0.655. The third-order valence-corrected chi connectivity index (χ3v) is 0.607. The molecule has 28 valence electrons. The van der Waals surface area contributed by atoms with Crippen LogP contribution >= 0.6 is 0 Å². The molecule has 0 radical (unpaired) electrons. The quantitative estimate of drug-likeness (QED) is 0.409. The summed E-state index contributed by atoms with van der Waals surface area (Å²) >= 11 is 0. The van der Waals surface area contributed by atoms with Crippen molar-refractivity contribution < 1.29 is 4.89 Å². The van der Waals surface area contributed by atoms with Crippen molar-refractivity contribution in [3.63, 3.8) is 0 Å². The first-order valence-corrected chi connectivity index (χ1v) is 1.91. The van der Waals surface area contributed by atoms with Crippen LogP contribution < -0.4 is 4.89 Å². The van der Waals surface area contributed by atoms with E-state index in [9.17, 15) is 0 Å². The van der Waals surface area contributed by atoms with E-state index in [2.05, 4.69) is 4.89 Å². The van der Waals surface area contributed by atoms with Gasteiger partial charge < -0.3 is 0 Å². The van der Waals surface area contributed by atoms with Gasteiger partial charge in [0.1, 0.15) is 0 Å². The molecular formula is C4H5BN+. The molecule has 0 bridgehead atoms. The van der Waals surface area contributed by atoms with Gasteiger partial charge in [-0.3, -0.25) is 0 Å². The molecule has 1 rings (SSSR count). The average Bonchev–Trinajstić information content (AvgIpc) is 1.72. The van der Waals surface area contributed by atoms with E-state index in [1.807, 2.05) is 31.3 Å². The van der Waals surface area contributed by atoms with Crippen molar-refractivity contribution >= 4 is 7.05 Å². The number of hydrogen-bond donors (Lipinski definition) is 0. The number of aromatic nitrogens is 1. The second-order valence-corrected chi connectivity index (χ2v) is 1.08. The first kappa shape index (κ1) is 3.53.